The van der Waals surface area contributed by atoms with Crippen molar-refractivity contribution in [3.05, 3.63) is 193 Å². The van der Waals surface area contributed by atoms with Crippen LogP contribution in [0.4, 0.5) is 17.2 Å². The van der Waals surface area contributed by atoms with Gasteiger partial charge >= 0.3 is 5.69 Å². The molecule has 1 amide bonds. The number of nitrogens with one attached hydrogen (secondary N) is 1. The number of nitriles is 1. The third-order valence-corrected chi connectivity index (χ3v) is 14.5. The standard InChI is InChI=1S/C55H59N6O12P/c1-37(2)59(38(3)4)74(71-32-13-31-56)73-50-35-49(72-51(50)36-70-55(41-16-11-8-12-17-41,42-20-26-45(67-5)27-21-42)43-22-28-46(68-6)29-23-43)47-34-48(61(65)66)52(57-53(62)40-14-9-7-10-15-40)58-54(47)69-33-30-39-18-24-44(25-19-39)60(63)64/h7-12,14-29,34,37-38,49-51H,13,30,32-33,35-36H2,1-6H3,(H,57,58,62)/t49-,50+,51-,74?/m1/s1. The summed E-state index contributed by atoms with van der Waals surface area (Å²) in [5, 5.41) is 36.5. The Bertz CT molecular complexity index is 2800. The van der Waals surface area contributed by atoms with Crippen molar-refractivity contribution in [2.75, 3.05) is 39.4 Å². The molecule has 74 heavy (non-hydrogen) atoms. The van der Waals surface area contributed by atoms with E-state index < -0.39 is 53.9 Å². The summed E-state index contributed by atoms with van der Waals surface area (Å²) in [5.74, 6) is 0.247. The summed E-state index contributed by atoms with van der Waals surface area (Å²) >= 11 is 0. The lowest BCUT2D eigenvalue weighted by molar-refractivity contribution is -0.384. The Balaban J connectivity index is 1.34. The molecule has 2 heterocycles. The van der Waals surface area contributed by atoms with E-state index in [2.05, 4.69) is 21.0 Å². The molecule has 1 fully saturated rings. The van der Waals surface area contributed by atoms with Crippen molar-refractivity contribution >= 4 is 31.6 Å². The number of pyridine rings is 1. The van der Waals surface area contributed by atoms with Gasteiger partial charge in [0.25, 0.3) is 20.1 Å². The lowest BCUT2D eigenvalue weighted by atomic mass is 9.80. The molecule has 0 bridgehead atoms. The molecule has 5 aromatic carbocycles. The average Bonchev–Trinajstić information content (AvgIpc) is 3.81. The Morgan fingerprint density at radius 2 is 1.41 bits per heavy atom. The number of rotatable bonds is 25. The molecule has 0 spiro atoms. The summed E-state index contributed by atoms with van der Waals surface area (Å²) < 4.78 is 47.5. The predicted molar refractivity (Wildman–Crippen MR) is 278 cm³/mol. The lowest BCUT2D eigenvalue weighted by Gasteiger charge is -2.39. The maximum atomic E-state index is 13.5. The number of nitro groups is 2. The van der Waals surface area contributed by atoms with E-state index in [0.717, 1.165) is 22.3 Å². The first kappa shape index (κ1) is 54.4. The number of benzene rings is 5. The summed E-state index contributed by atoms with van der Waals surface area (Å²) in [5.41, 5.74) is 1.66. The van der Waals surface area contributed by atoms with Gasteiger partial charge in [0.2, 0.25) is 11.7 Å². The zero-order valence-corrected chi connectivity index (χ0v) is 42.9. The Morgan fingerprint density at radius 3 is 1.95 bits per heavy atom. The zero-order chi connectivity index (χ0) is 52.8. The van der Waals surface area contributed by atoms with Crippen LogP contribution >= 0.6 is 8.53 Å². The summed E-state index contributed by atoms with van der Waals surface area (Å²) in [6, 6.07) is 42.6. The van der Waals surface area contributed by atoms with E-state index in [1.807, 2.05) is 107 Å². The van der Waals surface area contributed by atoms with Gasteiger partial charge in [0.1, 0.15) is 23.2 Å². The van der Waals surface area contributed by atoms with Crippen LogP contribution in [0.5, 0.6) is 17.4 Å². The zero-order valence-electron chi connectivity index (χ0n) is 42.0. The molecule has 1 aliphatic rings. The average molecular weight is 1030 g/mol. The van der Waals surface area contributed by atoms with Crippen LogP contribution in [-0.4, -0.2) is 83.7 Å². The molecule has 7 rings (SSSR count). The number of hydrogen-bond donors (Lipinski definition) is 1. The Kier molecular flexibility index (Phi) is 18.8. The maximum Gasteiger partial charge on any atom is 0.312 e. The second-order valence-electron chi connectivity index (χ2n) is 17.8. The number of anilines is 1. The van der Waals surface area contributed by atoms with Gasteiger partial charge in [-0.3, -0.25) is 25.0 Å². The molecular weight excluding hydrogens is 968 g/mol. The first-order chi connectivity index (χ1) is 35.8. The third kappa shape index (κ3) is 13.0. The van der Waals surface area contributed by atoms with Crippen molar-refractivity contribution < 1.29 is 47.4 Å². The van der Waals surface area contributed by atoms with E-state index in [1.165, 1.54) is 18.2 Å². The molecule has 1 unspecified atom stereocenters. The number of carbonyl (C=O) groups excluding carboxylic acids is 1. The Morgan fingerprint density at radius 1 is 0.824 bits per heavy atom. The number of methoxy groups -OCH3 is 2. The van der Waals surface area contributed by atoms with Crippen LogP contribution in [0.15, 0.2) is 140 Å². The highest BCUT2D eigenvalue weighted by Crippen LogP contribution is 2.52. The minimum absolute atomic E-state index is 0.0139. The highest BCUT2D eigenvalue weighted by molar-refractivity contribution is 7.44. The van der Waals surface area contributed by atoms with E-state index in [1.54, 1.807) is 56.7 Å². The molecule has 19 heteroatoms. The molecule has 1 saturated heterocycles. The number of ether oxygens (including phenoxy) is 5. The number of nitrogens with zero attached hydrogens (tertiary/aromatic N) is 5. The normalized spacial score (nSPS) is 15.9. The van der Waals surface area contributed by atoms with Crippen molar-refractivity contribution in [2.45, 2.75) is 83.0 Å². The van der Waals surface area contributed by atoms with Crippen LogP contribution in [0.25, 0.3) is 0 Å². The van der Waals surface area contributed by atoms with Crippen LogP contribution in [-0.2, 0) is 30.5 Å². The van der Waals surface area contributed by atoms with Crippen LogP contribution in [0, 0.1) is 31.6 Å². The number of non-ortho nitro benzene ring substituents is 1. The molecule has 1 aliphatic heterocycles. The van der Waals surface area contributed by atoms with Gasteiger partial charge in [-0.05, 0) is 86.3 Å². The summed E-state index contributed by atoms with van der Waals surface area (Å²) in [6.45, 7) is 8.10. The molecule has 4 atom stereocenters. The number of amides is 1. The van der Waals surface area contributed by atoms with Crippen LogP contribution in [0.1, 0.15) is 84.8 Å². The summed E-state index contributed by atoms with van der Waals surface area (Å²) in [7, 11) is 1.34. The minimum Gasteiger partial charge on any atom is -0.497 e. The largest absolute Gasteiger partial charge is 0.497 e. The van der Waals surface area contributed by atoms with Gasteiger partial charge in [0.15, 0.2) is 0 Å². The Hall–Kier alpha value is -7.36. The van der Waals surface area contributed by atoms with Gasteiger partial charge in [-0.2, -0.15) is 10.2 Å². The summed E-state index contributed by atoms with van der Waals surface area (Å²) in [6.07, 6.45) is -2.14. The number of aromatic nitrogens is 1. The molecule has 6 aromatic rings. The molecule has 0 aliphatic carbocycles. The smallest absolute Gasteiger partial charge is 0.312 e. The predicted octanol–water partition coefficient (Wildman–Crippen LogP) is 11.3. The van der Waals surface area contributed by atoms with Gasteiger partial charge in [-0.15, -0.1) is 0 Å². The fourth-order valence-electron chi connectivity index (χ4n) is 8.76. The van der Waals surface area contributed by atoms with Crippen LogP contribution < -0.4 is 19.5 Å². The molecule has 1 aromatic heterocycles. The van der Waals surface area contributed by atoms with Crippen molar-refractivity contribution in [2.24, 2.45) is 0 Å². The highest BCUT2D eigenvalue weighted by Gasteiger charge is 2.46. The fraction of sp³-hybridized carbons (Fsp3) is 0.327. The third-order valence-electron chi connectivity index (χ3n) is 12.3. The van der Waals surface area contributed by atoms with E-state index >= 15 is 0 Å². The molecule has 0 radical (unpaired) electrons. The highest BCUT2D eigenvalue weighted by atomic mass is 31.2. The van der Waals surface area contributed by atoms with Gasteiger partial charge in [-0.1, -0.05) is 84.9 Å². The van der Waals surface area contributed by atoms with Gasteiger partial charge in [0.05, 0.1) is 74.1 Å². The molecule has 18 nitrogen and oxygen atoms in total. The van der Waals surface area contributed by atoms with E-state index in [0.29, 0.717) is 11.5 Å². The first-order valence-electron chi connectivity index (χ1n) is 24.1. The second kappa shape index (κ2) is 25.5. The molecule has 0 saturated carbocycles. The maximum absolute atomic E-state index is 13.5. The van der Waals surface area contributed by atoms with Crippen molar-refractivity contribution in [1.82, 2.24) is 9.65 Å². The molecular formula is C55H59N6O12P. The number of nitro benzene ring substituents is 1. The lowest BCUT2D eigenvalue weighted by Crippen LogP contribution is -2.39. The van der Waals surface area contributed by atoms with Crippen molar-refractivity contribution in [3.63, 3.8) is 0 Å². The summed E-state index contributed by atoms with van der Waals surface area (Å²) in [4.78, 5) is 41.4. The number of hydrogen-bond acceptors (Lipinski definition) is 15. The van der Waals surface area contributed by atoms with Crippen LogP contribution in [0.2, 0.25) is 0 Å². The monoisotopic (exact) mass is 1030 g/mol. The van der Waals surface area contributed by atoms with Crippen LogP contribution in [0.3, 0.4) is 0 Å². The van der Waals surface area contributed by atoms with Crippen molar-refractivity contribution in [1.29, 1.82) is 5.26 Å². The van der Waals surface area contributed by atoms with Gasteiger partial charge < -0.3 is 38.0 Å². The van der Waals surface area contributed by atoms with E-state index in [9.17, 15) is 30.3 Å². The first-order valence-corrected chi connectivity index (χ1v) is 25.2. The SMILES string of the molecule is COc1ccc(C(OC[C@H]2O[C@@H](c3cc([N+](=O)[O-])c(NC(=O)c4ccccc4)nc3OCCc3ccc([N+](=O)[O-])cc3)C[C@@H]2OP(OCCC#N)N(C(C)C)C(C)C)(c2ccccc2)c2ccc(OC)cc2)cc1. The van der Waals surface area contributed by atoms with Gasteiger partial charge in [0, 0.05) is 48.7 Å². The van der Waals surface area contributed by atoms with Crippen molar-refractivity contribution in [3.8, 4) is 23.4 Å². The minimum atomic E-state index is -1.85. The van der Waals surface area contributed by atoms with E-state index in [-0.39, 0.29) is 79.7 Å². The fourth-order valence-corrected chi connectivity index (χ4v) is 10.5. The second-order valence-corrected chi connectivity index (χ2v) is 19.2. The quantitative estimate of drug-likeness (QED) is 0.0185. The Labute approximate surface area is 431 Å². The molecule has 1 N–H and O–H groups in total. The molecule has 386 valence electrons. The number of carbonyl (C=O) groups is 1. The van der Waals surface area contributed by atoms with Gasteiger partial charge in [-0.25, -0.2) is 4.67 Å². The van der Waals surface area contributed by atoms with E-state index in [4.69, 9.17) is 32.7 Å². The topological polar surface area (TPSA) is 220 Å².